The van der Waals surface area contributed by atoms with E-state index in [1.54, 1.807) is 0 Å². The van der Waals surface area contributed by atoms with Gasteiger partial charge in [-0.3, -0.25) is 4.98 Å². The lowest BCUT2D eigenvalue weighted by atomic mass is 10.1. The summed E-state index contributed by atoms with van der Waals surface area (Å²) in [5, 5.41) is 3.98. The van der Waals surface area contributed by atoms with Crippen LogP contribution >= 0.6 is 11.6 Å². The number of hydrogen-bond acceptors (Lipinski definition) is 3. The lowest BCUT2D eigenvalue weighted by Crippen LogP contribution is -2.33. The van der Waals surface area contributed by atoms with Crippen molar-refractivity contribution < 1.29 is 4.74 Å². The molecule has 2 aromatic rings. The van der Waals surface area contributed by atoms with Gasteiger partial charge in [0.25, 0.3) is 0 Å². The molecule has 0 radical (unpaired) electrons. The van der Waals surface area contributed by atoms with Crippen molar-refractivity contribution in [2.75, 3.05) is 13.7 Å². The molecular formula is C15H17ClN2O. The topological polar surface area (TPSA) is 34.1 Å². The molecule has 0 saturated carbocycles. The molecule has 2 rings (SSSR count). The highest BCUT2D eigenvalue weighted by Gasteiger charge is 2.08. The zero-order chi connectivity index (χ0) is 13.5. The molecule has 0 aliphatic heterocycles. The van der Waals surface area contributed by atoms with Crippen LogP contribution in [0.2, 0.25) is 5.02 Å². The predicted molar refractivity (Wildman–Crippen MR) is 77.7 cm³/mol. The summed E-state index contributed by atoms with van der Waals surface area (Å²) in [5.74, 6) is 0.833. The van der Waals surface area contributed by atoms with Crippen LogP contribution in [-0.2, 0) is 6.42 Å². The molecule has 4 heteroatoms. The molecule has 0 spiro atoms. The first-order chi connectivity index (χ1) is 9.28. The molecule has 100 valence electrons. The fraction of sp³-hybridized carbons (Fsp3) is 0.267. The highest BCUT2D eigenvalue weighted by atomic mass is 35.5. The van der Waals surface area contributed by atoms with Gasteiger partial charge in [0.1, 0.15) is 12.4 Å². The van der Waals surface area contributed by atoms with Crippen molar-refractivity contribution in [3.63, 3.8) is 0 Å². The zero-order valence-corrected chi connectivity index (χ0v) is 11.6. The monoisotopic (exact) mass is 276 g/mol. The molecular weight excluding hydrogens is 260 g/mol. The maximum atomic E-state index is 5.84. The van der Waals surface area contributed by atoms with E-state index in [0.717, 1.165) is 12.2 Å². The summed E-state index contributed by atoms with van der Waals surface area (Å²) < 4.78 is 5.75. The van der Waals surface area contributed by atoms with Gasteiger partial charge in [0.15, 0.2) is 0 Å². The van der Waals surface area contributed by atoms with E-state index in [1.807, 2.05) is 55.8 Å². The molecule has 1 aromatic heterocycles. The zero-order valence-electron chi connectivity index (χ0n) is 10.8. The van der Waals surface area contributed by atoms with Crippen LogP contribution in [-0.4, -0.2) is 24.7 Å². The molecule has 0 aliphatic carbocycles. The number of halogens is 1. The minimum atomic E-state index is 0.262. The van der Waals surface area contributed by atoms with Gasteiger partial charge in [0.2, 0.25) is 0 Å². The second-order valence-corrected chi connectivity index (χ2v) is 4.75. The van der Waals surface area contributed by atoms with Crippen LogP contribution in [0.25, 0.3) is 0 Å². The fourth-order valence-corrected chi connectivity index (χ4v) is 1.90. The summed E-state index contributed by atoms with van der Waals surface area (Å²) in [6.07, 6.45) is 4.52. The van der Waals surface area contributed by atoms with Gasteiger partial charge in [-0.2, -0.15) is 0 Å². The second kappa shape index (κ2) is 7.12. The summed E-state index contributed by atoms with van der Waals surface area (Å²) in [5.41, 5.74) is 1.24. The summed E-state index contributed by atoms with van der Waals surface area (Å²) in [6.45, 7) is 0.612. The quantitative estimate of drug-likeness (QED) is 0.881. The Labute approximate surface area is 118 Å². The van der Waals surface area contributed by atoms with Crippen LogP contribution in [0.15, 0.2) is 48.8 Å². The van der Waals surface area contributed by atoms with Gasteiger partial charge in [-0.1, -0.05) is 11.6 Å². The van der Waals surface area contributed by atoms with Crippen LogP contribution in [0.5, 0.6) is 5.75 Å². The average Bonchev–Trinajstić information content (AvgIpc) is 2.46. The smallest absolute Gasteiger partial charge is 0.119 e. The molecule has 3 nitrogen and oxygen atoms in total. The summed E-state index contributed by atoms with van der Waals surface area (Å²) >= 11 is 5.84. The Bertz CT molecular complexity index is 487. The molecule has 1 N–H and O–H groups in total. The third kappa shape index (κ3) is 4.54. The summed E-state index contributed by atoms with van der Waals surface area (Å²) in [4.78, 5) is 4.02. The van der Waals surface area contributed by atoms with Gasteiger partial charge < -0.3 is 10.1 Å². The van der Waals surface area contributed by atoms with Crippen molar-refractivity contribution in [2.24, 2.45) is 0 Å². The maximum absolute atomic E-state index is 5.84. The number of pyridine rings is 1. The van der Waals surface area contributed by atoms with Crippen molar-refractivity contribution in [3.8, 4) is 5.75 Å². The first kappa shape index (κ1) is 13.8. The molecule has 1 aromatic carbocycles. The number of nitrogens with zero attached hydrogens (tertiary/aromatic N) is 1. The van der Waals surface area contributed by atoms with E-state index in [1.165, 1.54) is 5.56 Å². The van der Waals surface area contributed by atoms with Crippen molar-refractivity contribution in [3.05, 3.63) is 59.4 Å². The third-order valence-corrected chi connectivity index (χ3v) is 3.16. The Morgan fingerprint density at radius 2 is 1.84 bits per heavy atom. The normalized spacial score (nSPS) is 12.1. The van der Waals surface area contributed by atoms with Gasteiger partial charge in [-0.05, 0) is 55.4 Å². The van der Waals surface area contributed by atoms with Crippen LogP contribution < -0.4 is 10.1 Å². The lowest BCUT2D eigenvalue weighted by molar-refractivity contribution is 0.270. The molecule has 0 aliphatic rings. The number of likely N-dealkylation sites (N-methyl/N-ethyl adjacent to an activating group) is 1. The fourth-order valence-electron chi connectivity index (χ4n) is 1.78. The van der Waals surface area contributed by atoms with Crippen LogP contribution in [0.4, 0.5) is 0 Å². The van der Waals surface area contributed by atoms with E-state index in [2.05, 4.69) is 10.3 Å². The van der Waals surface area contributed by atoms with Crippen molar-refractivity contribution in [2.45, 2.75) is 12.5 Å². The Morgan fingerprint density at radius 1 is 1.16 bits per heavy atom. The number of aromatic nitrogens is 1. The Morgan fingerprint density at radius 3 is 2.47 bits per heavy atom. The van der Waals surface area contributed by atoms with Crippen LogP contribution in [0.3, 0.4) is 0 Å². The molecule has 0 amide bonds. The molecule has 0 bridgehead atoms. The van der Waals surface area contributed by atoms with Gasteiger partial charge in [-0.25, -0.2) is 0 Å². The van der Waals surface area contributed by atoms with Gasteiger partial charge in [0.05, 0.1) is 0 Å². The van der Waals surface area contributed by atoms with E-state index >= 15 is 0 Å². The van der Waals surface area contributed by atoms with E-state index in [0.29, 0.717) is 11.6 Å². The SMILES string of the molecule is CNC(COc1ccc(Cl)cc1)Cc1ccncc1. The minimum absolute atomic E-state index is 0.262. The molecule has 19 heavy (non-hydrogen) atoms. The lowest BCUT2D eigenvalue weighted by Gasteiger charge is -2.17. The largest absolute Gasteiger partial charge is 0.492 e. The van der Waals surface area contributed by atoms with E-state index in [4.69, 9.17) is 16.3 Å². The second-order valence-electron chi connectivity index (χ2n) is 4.31. The minimum Gasteiger partial charge on any atom is -0.492 e. The average molecular weight is 277 g/mol. The van der Waals surface area contributed by atoms with E-state index in [9.17, 15) is 0 Å². The van der Waals surface area contributed by atoms with Crippen molar-refractivity contribution >= 4 is 11.6 Å². The molecule has 1 unspecified atom stereocenters. The molecule has 0 fully saturated rings. The van der Waals surface area contributed by atoms with E-state index in [-0.39, 0.29) is 6.04 Å². The maximum Gasteiger partial charge on any atom is 0.119 e. The van der Waals surface area contributed by atoms with Gasteiger partial charge in [0, 0.05) is 23.5 Å². The Kier molecular flexibility index (Phi) is 5.19. The highest BCUT2D eigenvalue weighted by Crippen LogP contribution is 2.16. The van der Waals surface area contributed by atoms with Crippen molar-refractivity contribution in [1.82, 2.24) is 10.3 Å². The van der Waals surface area contributed by atoms with E-state index < -0.39 is 0 Å². The van der Waals surface area contributed by atoms with Gasteiger partial charge in [-0.15, -0.1) is 0 Å². The molecule has 0 saturated heterocycles. The summed E-state index contributed by atoms with van der Waals surface area (Å²) in [6, 6.07) is 11.7. The standard InChI is InChI=1S/C15H17ClN2O/c1-17-14(10-12-6-8-18-9-7-12)11-19-15-4-2-13(16)3-5-15/h2-9,14,17H,10-11H2,1H3. The first-order valence-electron chi connectivity index (χ1n) is 6.22. The Balaban J connectivity index is 1.87. The van der Waals surface area contributed by atoms with Crippen molar-refractivity contribution in [1.29, 1.82) is 0 Å². The number of hydrogen-bond donors (Lipinski definition) is 1. The van der Waals surface area contributed by atoms with Crippen LogP contribution in [0, 0.1) is 0 Å². The summed E-state index contributed by atoms with van der Waals surface area (Å²) in [7, 11) is 1.94. The molecule has 1 heterocycles. The predicted octanol–water partition coefficient (Wildman–Crippen LogP) is 2.94. The highest BCUT2D eigenvalue weighted by molar-refractivity contribution is 6.30. The number of ether oxygens (including phenoxy) is 1. The first-order valence-corrected chi connectivity index (χ1v) is 6.60. The van der Waals surface area contributed by atoms with Crippen LogP contribution in [0.1, 0.15) is 5.56 Å². The van der Waals surface area contributed by atoms with Gasteiger partial charge >= 0.3 is 0 Å². The number of rotatable bonds is 6. The number of benzene rings is 1. The Hall–Kier alpha value is -1.58. The number of nitrogens with one attached hydrogen (secondary N) is 1. The third-order valence-electron chi connectivity index (χ3n) is 2.90. The molecule has 1 atom stereocenters.